The molecule has 0 spiro atoms. The van der Waals surface area contributed by atoms with Crippen LogP contribution in [0.2, 0.25) is 0 Å². The number of hydrogen-bond donors (Lipinski definition) is 0. The Bertz CT molecular complexity index is 231. The Labute approximate surface area is 65.1 Å². The third kappa shape index (κ3) is 2.49. The molecule has 0 aliphatic carbocycles. The second kappa shape index (κ2) is 3.52. The molecular formula is C6H4F5N. The van der Waals surface area contributed by atoms with E-state index in [1.165, 1.54) is 0 Å². The summed E-state index contributed by atoms with van der Waals surface area (Å²) < 4.78 is 58.6. The molecule has 0 saturated carbocycles. The third-order valence-corrected chi connectivity index (χ3v) is 1.10. The number of nitriles is 1. The Balaban J connectivity index is 5.11. The van der Waals surface area contributed by atoms with E-state index in [4.69, 9.17) is 5.26 Å². The van der Waals surface area contributed by atoms with Gasteiger partial charge in [0.1, 0.15) is 5.57 Å². The molecule has 0 atom stereocenters. The molecule has 0 amide bonds. The number of halogens is 5. The van der Waals surface area contributed by atoms with E-state index in [1.807, 2.05) is 0 Å². The predicted molar refractivity (Wildman–Crippen MR) is 30.4 cm³/mol. The van der Waals surface area contributed by atoms with Gasteiger partial charge in [0.25, 0.3) is 6.43 Å². The lowest BCUT2D eigenvalue weighted by Crippen LogP contribution is -2.19. The molecule has 0 radical (unpaired) electrons. The molecular weight excluding hydrogens is 181 g/mol. The zero-order chi connectivity index (χ0) is 9.94. The Kier molecular flexibility index (Phi) is 3.19. The average Bonchev–Trinajstić information content (AvgIpc) is 1.83. The van der Waals surface area contributed by atoms with Crippen molar-refractivity contribution in [2.45, 2.75) is 19.5 Å². The van der Waals surface area contributed by atoms with Crippen LogP contribution in [-0.4, -0.2) is 12.6 Å². The van der Waals surface area contributed by atoms with Crippen LogP contribution in [0.1, 0.15) is 6.92 Å². The normalized spacial score (nSPS) is 14.2. The highest BCUT2D eigenvalue weighted by atomic mass is 19.4. The number of alkyl halides is 5. The standard InChI is InChI=1S/C6H4F5N/c1-3(2-12)4(5(7)8)6(9,10)11/h5H,1H3/b4-3-. The fraction of sp³-hybridized carbons (Fsp3) is 0.500. The molecule has 0 fully saturated rings. The first-order valence-electron chi connectivity index (χ1n) is 2.77. The molecule has 0 aliphatic rings. The lowest BCUT2D eigenvalue weighted by Gasteiger charge is -2.10. The van der Waals surface area contributed by atoms with Gasteiger partial charge < -0.3 is 0 Å². The molecule has 68 valence electrons. The van der Waals surface area contributed by atoms with Crippen LogP contribution in [0.25, 0.3) is 0 Å². The van der Waals surface area contributed by atoms with Crippen LogP contribution in [0.4, 0.5) is 22.0 Å². The molecule has 0 aliphatic heterocycles. The fourth-order valence-corrected chi connectivity index (χ4v) is 0.560. The molecule has 6 heteroatoms. The van der Waals surface area contributed by atoms with E-state index < -0.39 is 23.7 Å². The van der Waals surface area contributed by atoms with Gasteiger partial charge in [-0.25, -0.2) is 8.78 Å². The molecule has 0 saturated heterocycles. The van der Waals surface area contributed by atoms with Gasteiger partial charge in [0, 0.05) is 5.57 Å². The SMILES string of the molecule is C/C(C#N)=C(\C(F)F)C(F)(F)F. The lowest BCUT2D eigenvalue weighted by atomic mass is 10.1. The molecule has 0 aromatic heterocycles. The largest absolute Gasteiger partial charge is 0.419 e. The van der Waals surface area contributed by atoms with Gasteiger partial charge >= 0.3 is 6.18 Å². The number of allylic oxidation sites excluding steroid dienone is 2. The highest BCUT2D eigenvalue weighted by molar-refractivity contribution is 5.30. The van der Waals surface area contributed by atoms with E-state index in [0.717, 1.165) is 6.07 Å². The summed E-state index contributed by atoms with van der Waals surface area (Å²) in [4.78, 5) is 0. The zero-order valence-corrected chi connectivity index (χ0v) is 5.91. The van der Waals surface area contributed by atoms with Gasteiger partial charge in [-0.3, -0.25) is 0 Å². The minimum absolute atomic E-state index is 0.703. The summed E-state index contributed by atoms with van der Waals surface area (Å²) in [5.41, 5.74) is -3.07. The second-order valence-electron chi connectivity index (χ2n) is 1.95. The number of nitrogens with zero attached hydrogens (tertiary/aromatic N) is 1. The molecule has 0 unspecified atom stereocenters. The van der Waals surface area contributed by atoms with Crippen molar-refractivity contribution in [2.75, 3.05) is 0 Å². The quantitative estimate of drug-likeness (QED) is 0.455. The first-order chi connectivity index (χ1) is 5.30. The second-order valence-corrected chi connectivity index (χ2v) is 1.95. The Morgan fingerprint density at radius 1 is 1.33 bits per heavy atom. The van der Waals surface area contributed by atoms with Gasteiger partial charge in [-0.1, -0.05) is 0 Å². The van der Waals surface area contributed by atoms with Crippen molar-refractivity contribution in [3.8, 4) is 6.07 Å². The summed E-state index contributed by atoms with van der Waals surface area (Å²) in [6, 6.07) is 1.03. The smallest absolute Gasteiger partial charge is 0.205 e. The minimum Gasteiger partial charge on any atom is -0.205 e. The van der Waals surface area contributed by atoms with E-state index in [2.05, 4.69) is 0 Å². The van der Waals surface area contributed by atoms with Gasteiger partial charge in [-0.15, -0.1) is 0 Å². The fourth-order valence-electron chi connectivity index (χ4n) is 0.560. The van der Waals surface area contributed by atoms with Crippen LogP contribution in [0.15, 0.2) is 11.1 Å². The Morgan fingerprint density at radius 3 is 1.83 bits per heavy atom. The first kappa shape index (κ1) is 10.9. The summed E-state index contributed by atoms with van der Waals surface area (Å²) in [6.45, 7) is 0.703. The highest BCUT2D eigenvalue weighted by Gasteiger charge is 2.41. The topological polar surface area (TPSA) is 23.8 Å². The third-order valence-electron chi connectivity index (χ3n) is 1.10. The summed E-state index contributed by atoms with van der Waals surface area (Å²) in [5, 5.41) is 7.98. The molecule has 0 bridgehead atoms. The van der Waals surface area contributed by atoms with E-state index in [1.54, 1.807) is 0 Å². The minimum atomic E-state index is -5.13. The highest BCUT2D eigenvalue weighted by Crippen LogP contribution is 2.32. The van der Waals surface area contributed by atoms with E-state index in [9.17, 15) is 22.0 Å². The number of hydrogen-bond acceptors (Lipinski definition) is 1. The molecule has 1 nitrogen and oxygen atoms in total. The van der Waals surface area contributed by atoms with Crippen molar-refractivity contribution in [3.05, 3.63) is 11.1 Å². The van der Waals surface area contributed by atoms with Crippen LogP contribution >= 0.6 is 0 Å². The average molecular weight is 185 g/mol. The summed E-state index contributed by atoms with van der Waals surface area (Å²) >= 11 is 0. The van der Waals surface area contributed by atoms with Gasteiger partial charge in [0.05, 0.1) is 6.07 Å². The van der Waals surface area contributed by atoms with Crippen molar-refractivity contribution in [1.29, 1.82) is 5.26 Å². The number of rotatable bonds is 1. The maximum Gasteiger partial charge on any atom is 0.419 e. The van der Waals surface area contributed by atoms with Gasteiger partial charge in [0.2, 0.25) is 0 Å². The van der Waals surface area contributed by atoms with Crippen molar-refractivity contribution in [3.63, 3.8) is 0 Å². The predicted octanol–water partition coefficient (Wildman–Crippen LogP) is 2.65. The summed E-state index contributed by atoms with van der Waals surface area (Å²) in [7, 11) is 0. The van der Waals surface area contributed by atoms with E-state index in [0.29, 0.717) is 6.92 Å². The lowest BCUT2D eigenvalue weighted by molar-refractivity contribution is -0.109. The summed E-state index contributed by atoms with van der Waals surface area (Å²) in [5.74, 6) is 0. The van der Waals surface area contributed by atoms with Crippen molar-refractivity contribution < 1.29 is 22.0 Å². The van der Waals surface area contributed by atoms with Crippen LogP contribution in [-0.2, 0) is 0 Å². The first-order valence-corrected chi connectivity index (χ1v) is 2.77. The van der Waals surface area contributed by atoms with Crippen LogP contribution in [0.5, 0.6) is 0 Å². The zero-order valence-electron chi connectivity index (χ0n) is 5.91. The van der Waals surface area contributed by atoms with E-state index >= 15 is 0 Å². The van der Waals surface area contributed by atoms with Crippen LogP contribution in [0.3, 0.4) is 0 Å². The van der Waals surface area contributed by atoms with E-state index in [-0.39, 0.29) is 0 Å². The van der Waals surface area contributed by atoms with Gasteiger partial charge in [-0.2, -0.15) is 18.4 Å². The van der Waals surface area contributed by atoms with Crippen LogP contribution in [0, 0.1) is 11.3 Å². The maximum atomic E-state index is 11.7. The van der Waals surface area contributed by atoms with Crippen molar-refractivity contribution >= 4 is 0 Å². The van der Waals surface area contributed by atoms with Crippen molar-refractivity contribution in [1.82, 2.24) is 0 Å². The molecule has 12 heavy (non-hydrogen) atoms. The molecule has 0 aromatic rings. The summed E-state index contributed by atoms with van der Waals surface area (Å²) in [6.07, 6.45) is -8.79. The van der Waals surface area contributed by atoms with Gasteiger partial charge in [0.15, 0.2) is 0 Å². The Hall–Kier alpha value is -1.12. The Morgan fingerprint density at radius 2 is 1.75 bits per heavy atom. The monoisotopic (exact) mass is 185 g/mol. The van der Waals surface area contributed by atoms with Gasteiger partial charge in [-0.05, 0) is 6.92 Å². The molecule has 0 rings (SSSR count). The molecule has 0 N–H and O–H groups in total. The van der Waals surface area contributed by atoms with Crippen molar-refractivity contribution in [2.24, 2.45) is 0 Å². The maximum absolute atomic E-state index is 11.7. The van der Waals surface area contributed by atoms with Crippen LogP contribution < -0.4 is 0 Å². The molecule has 0 heterocycles. The molecule has 0 aromatic carbocycles.